The van der Waals surface area contributed by atoms with E-state index in [1.165, 1.54) is 7.11 Å². The van der Waals surface area contributed by atoms with Gasteiger partial charge >= 0.3 is 5.97 Å². The average molecular weight is 337 g/mol. The summed E-state index contributed by atoms with van der Waals surface area (Å²) in [4.78, 5) is 12.4. The van der Waals surface area contributed by atoms with Gasteiger partial charge in [-0.05, 0) is 44.7 Å². The molecule has 2 aliphatic heterocycles. The number of hydrogen-bond donors (Lipinski definition) is 0. The second-order valence-electron chi connectivity index (χ2n) is 6.51. The lowest BCUT2D eigenvalue weighted by atomic mass is 9.79. The van der Waals surface area contributed by atoms with Crippen LogP contribution in [-0.2, 0) is 19.6 Å². The molecule has 126 valence electrons. The number of rotatable bonds is 3. The molecule has 6 heteroatoms. The van der Waals surface area contributed by atoms with Gasteiger partial charge in [-0.1, -0.05) is 24.1 Å². The second kappa shape index (κ2) is 6.24. The highest BCUT2D eigenvalue weighted by Gasteiger charge is 2.48. The monoisotopic (exact) mass is 337 g/mol. The van der Waals surface area contributed by atoms with Crippen LogP contribution in [0.2, 0.25) is 0 Å². The minimum atomic E-state index is -3.59. The third-order valence-electron chi connectivity index (χ3n) is 5.10. The number of esters is 1. The first-order valence-electron chi connectivity index (χ1n) is 8.13. The topological polar surface area (TPSA) is 63.7 Å². The van der Waals surface area contributed by atoms with Crippen molar-refractivity contribution in [1.82, 2.24) is 4.31 Å². The molecule has 2 bridgehead atoms. The van der Waals surface area contributed by atoms with Gasteiger partial charge in [-0.3, -0.25) is 4.79 Å². The van der Waals surface area contributed by atoms with Crippen LogP contribution in [0.5, 0.6) is 0 Å². The molecule has 23 heavy (non-hydrogen) atoms. The minimum Gasteiger partial charge on any atom is -0.469 e. The molecule has 2 heterocycles. The van der Waals surface area contributed by atoms with Gasteiger partial charge in [0.2, 0.25) is 10.0 Å². The Morgan fingerprint density at radius 3 is 2.48 bits per heavy atom. The Hall–Kier alpha value is -1.40. The summed E-state index contributed by atoms with van der Waals surface area (Å²) < 4.78 is 32.8. The zero-order valence-corrected chi connectivity index (χ0v) is 14.4. The Kier molecular flexibility index (Phi) is 4.47. The highest BCUT2D eigenvalue weighted by atomic mass is 32.2. The van der Waals surface area contributed by atoms with Crippen LogP contribution in [0.3, 0.4) is 0 Å². The third kappa shape index (κ3) is 2.90. The minimum absolute atomic E-state index is 0.000888. The van der Waals surface area contributed by atoms with Gasteiger partial charge in [0.05, 0.1) is 17.9 Å². The van der Waals surface area contributed by atoms with Crippen LogP contribution >= 0.6 is 0 Å². The molecule has 0 saturated carbocycles. The van der Waals surface area contributed by atoms with Crippen LogP contribution in [0.4, 0.5) is 0 Å². The predicted molar refractivity (Wildman–Crippen MR) is 86.4 cm³/mol. The van der Waals surface area contributed by atoms with Crippen LogP contribution in [0, 0.1) is 12.8 Å². The molecule has 1 aromatic carbocycles. The number of aryl methyl sites for hydroxylation is 1. The molecule has 2 saturated heterocycles. The summed E-state index contributed by atoms with van der Waals surface area (Å²) in [6, 6.07) is 6.65. The van der Waals surface area contributed by atoms with Crippen molar-refractivity contribution >= 4 is 16.0 Å². The predicted octanol–water partition coefficient (Wildman–Crippen LogP) is 2.49. The van der Waals surface area contributed by atoms with Crippen molar-refractivity contribution in [2.75, 3.05) is 7.11 Å². The Morgan fingerprint density at radius 2 is 1.83 bits per heavy atom. The molecule has 0 N–H and O–H groups in total. The Bertz CT molecular complexity index is 683. The summed E-state index contributed by atoms with van der Waals surface area (Å²) in [5.41, 5.74) is 1.02. The van der Waals surface area contributed by atoms with E-state index in [1.54, 1.807) is 16.4 Å². The van der Waals surface area contributed by atoms with E-state index in [2.05, 4.69) is 0 Å². The van der Waals surface area contributed by atoms with Gasteiger partial charge in [0, 0.05) is 12.1 Å². The van der Waals surface area contributed by atoms with E-state index in [9.17, 15) is 13.2 Å². The summed E-state index contributed by atoms with van der Waals surface area (Å²) in [5, 5.41) is 0. The number of piperidine rings is 2. The van der Waals surface area contributed by atoms with Crippen molar-refractivity contribution in [2.24, 2.45) is 5.92 Å². The quantitative estimate of drug-likeness (QED) is 0.795. The van der Waals surface area contributed by atoms with E-state index in [0.29, 0.717) is 11.3 Å². The number of benzene rings is 1. The van der Waals surface area contributed by atoms with Crippen LogP contribution < -0.4 is 0 Å². The Balaban J connectivity index is 1.98. The molecule has 0 spiro atoms. The molecule has 0 aromatic heterocycles. The maximum absolute atomic E-state index is 13.1. The van der Waals surface area contributed by atoms with Gasteiger partial charge in [-0.15, -0.1) is 0 Å². The number of carbonyl (C=O) groups excluding carboxylic acids is 1. The zero-order valence-electron chi connectivity index (χ0n) is 13.6. The molecule has 5 nitrogen and oxygen atoms in total. The maximum atomic E-state index is 13.1. The first kappa shape index (κ1) is 16.5. The van der Waals surface area contributed by atoms with Crippen LogP contribution in [0.1, 0.15) is 37.7 Å². The number of fused-ring (bicyclic) bond motifs is 2. The smallest absolute Gasteiger partial charge is 0.310 e. The molecule has 2 fully saturated rings. The van der Waals surface area contributed by atoms with E-state index >= 15 is 0 Å². The van der Waals surface area contributed by atoms with E-state index in [0.717, 1.165) is 31.2 Å². The van der Waals surface area contributed by atoms with Gasteiger partial charge in [0.15, 0.2) is 0 Å². The lowest BCUT2D eigenvalue weighted by Crippen LogP contribution is -2.57. The highest BCUT2D eigenvalue weighted by Crippen LogP contribution is 2.41. The maximum Gasteiger partial charge on any atom is 0.310 e. The standard InChI is InChI=1S/C17H23NO4S/c1-12-6-9-14(10-7-12)23(20,21)18-13-4-3-5-16(18)15(11-8-13)17(19)22-2/h6-7,9-10,13,15-16H,3-5,8,11H2,1-2H3/t13-,15+,16+/m1/s1. The molecule has 0 amide bonds. The average Bonchev–Trinajstić information content (AvgIpc) is 2.54. The van der Waals surface area contributed by atoms with Gasteiger partial charge in [-0.2, -0.15) is 4.31 Å². The van der Waals surface area contributed by atoms with Crippen molar-refractivity contribution in [3.8, 4) is 0 Å². The Morgan fingerprint density at radius 1 is 1.13 bits per heavy atom. The largest absolute Gasteiger partial charge is 0.469 e. The fourth-order valence-corrected chi connectivity index (χ4v) is 5.87. The summed E-state index contributed by atoms with van der Waals surface area (Å²) in [6.45, 7) is 1.93. The molecule has 1 aromatic rings. The fourth-order valence-electron chi connectivity index (χ4n) is 3.94. The number of methoxy groups -OCH3 is 1. The highest BCUT2D eigenvalue weighted by molar-refractivity contribution is 7.89. The summed E-state index contributed by atoms with van der Waals surface area (Å²) in [6.07, 6.45) is 3.99. The summed E-state index contributed by atoms with van der Waals surface area (Å²) in [7, 11) is -2.22. The van der Waals surface area contributed by atoms with E-state index in [1.807, 2.05) is 19.1 Å². The van der Waals surface area contributed by atoms with Crippen molar-refractivity contribution in [3.05, 3.63) is 29.8 Å². The fraction of sp³-hybridized carbons (Fsp3) is 0.588. The first-order valence-corrected chi connectivity index (χ1v) is 9.57. The lowest BCUT2D eigenvalue weighted by molar-refractivity contribution is -0.150. The molecular formula is C17H23NO4S. The normalized spacial score (nSPS) is 28.3. The van der Waals surface area contributed by atoms with E-state index in [-0.39, 0.29) is 24.0 Å². The molecule has 2 aliphatic rings. The second-order valence-corrected chi connectivity index (χ2v) is 8.35. The van der Waals surface area contributed by atoms with Crippen LogP contribution in [0.25, 0.3) is 0 Å². The van der Waals surface area contributed by atoms with Gasteiger partial charge < -0.3 is 4.74 Å². The molecule has 0 aliphatic carbocycles. The van der Waals surface area contributed by atoms with Crippen LogP contribution in [-0.4, -0.2) is 37.9 Å². The van der Waals surface area contributed by atoms with Gasteiger partial charge in [0.1, 0.15) is 0 Å². The van der Waals surface area contributed by atoms with Crippen molar-refractivity contribution in [3.63, 3.8) is 0 Å². The van der Waals surface area contributed by atoms with Gasteiger partial charge in [0.25, 0.3) is 0 Å². The number of sulfonamides is 1. The van der Waals surface area contributed by atoms with Crippen molar-refractivity contribution < 1.29 is 17.9 Å². The third-order valence-corrected chi connectivity index (χ3v) is 7.09. The number of hydrogen-bond acceptors (Lipinski definition) is 4. The SMILES string of the molecule is COC(=O)[C@H]1CC[C@H]2CCC[C@@H]1N2S(=O)(=O)c1ccc(C)cc1. The zero-order chi connectivity index (χ0) is 16.6. The summed E-state index contributed by atoms with van der Waals surface area (Å²) in [5.74, 6) is -0.642. The Labute approximate surface area is 137 Å². The van der Waals surface area contributed by atoms with E-state index < -0.39 is 10.0 Å². The lowest BCUT2D eigenvalue weighted by Gasteiger charge is -2.47. The number of ether oxygens (including phenoxy) is 1. The van der Waals surface area contributed by atoms with E-state index in [4.69, 9.17) is 4.74 Å². The molecule has 3 rings (SSSR count). The summed E-state index contributed by atoms with van der Waals surface area (Å²) >= 11 is 0. The van der Waals surface area contributed by atoms with Crippen molar-refractivity contribution in [1.29, 1.82) is 0 Å². The van der Waals surface area contributed by atoms with Gasteiger partial charge in [-0.25, -0.2) is 8.42 Å². The first-order chi connectivity index (χ1) is 10.9. The molecular weight excluding hydrogens is 314 g/mol. The molecule has 0 radical (unpaired) electrons. The van der Waals surface area contributed by atoms with Crippen molar-refractivity contribution in [2.45, 2.75) is 56.0 Å². The molecule has 3 atom stereocenters. The number of carbonyl (C=O) groups is 1. The molecule has 0 unspecified atom stereocenters. The van der Waals surface area contributed by atoms with Crippen LogP contribution in [0.15, 0.2) is 29.2 Å². The number of nitrogens with zero attached hydrogens (tertiary/aromatic N) is 1.